The molecule has 0 fully saturated rings. The van der Waals surface area contributed by atoms with Crippen molar-refractivity contribution in [2.45, 2.75) is 13.5 Å². The predicted molar refractivity (Wildman–Crippen MR) is 60.6 cm³/mol. The van der Waals surface area contributed by atoms with E-state index in [-0.39, 0.29) is 0 Å². The van der Waals surface area contributed by atoms with Crippen LogP contribution in [0.1, 0.15) is 6.92 Å². The lowest BCUT2D eigenvalue weighted by Crippen LogP contribution is -1.93. The number of aryl methyl sites for hydroxylation is 1. The Morgan fingerprint density at radius 3 is 2.86 bits per heavy atom. The summed E-state index contributed by atoms with van der Waals surface area (Å²) in [4.78, 5) is 1.01. The van der Waals surface area contributed by atoms with Crippen LogP contribution in [0.5, 0.6) is 0 Å². The van der Waals surface area contributed by atoms with Crippen LogP contribution >= 0.6 is 22.9 Å². The Kier molecular flexibility index (Phi) is 2.48. The normalized spacial score (nSPS) is 10.7. The molecule has 2 heterocycles. The van der Waals surface area contributed by atoms with Gasteiger partial charge in [0.2, 0.25) is 0 Å². The van der Waals surface area contributed by atoms with Crippen LogP contribution in [-0.4, -0.2) is 9.78 Å². The van der Waals surface area contributed by atoms with Crippen LogP contribution in [0.25, 0.3) is 10.6 Å². The van der Waals surface area contributed by atoms with Gasteiger partial charge in [0.15, 0.2) is 0 Å². The second-order valence-corrected chi connectivity index (χ2v) is 4.61. The van der Waals surface area contributed by atoms with Crippen LogP contribution in [0.3, 0.4) is 0 Å². The highest BCUT2D eigenvalue weighted by atomic mass is 35.5. The molecule has 3 nitrogen and oxygen atoms in total. The molecule has 0 saturated carbocycles. The quantitative estimate of drug-likeness (QED) is 0.858. The summed E-state index contributed by atoms with van der Waals surface area (Å²) in [5.41, 5.74) is 7.36. The molecule has 14 heavy (non-hydrogen) atoms. The maximum atomic E-state index is 5.85. The summed E-state index contributed by atoms with van der Waals surface area (Å²) in [6, 6.07) is 3.79. The van der Waals surface area contributed by atoms with Crippen LogP contribution in [0, 0.1) is 0 Å². The molecule has 2 rings (SSSR count). The van der Waals surface area contributed by atoms with Gasteiger partial charge < -0.3 is 5.73 Å². The molecule has 5 heteroatoms. The molecule has 0 aliphatic heterocycles. The number of anilines is 1. The molecule has 0 amide bonds. The number of hydrogen-bond donors (Lipinski definition) is 1. The maximum absolute atomic E-state index is 5.85. The first-order valence-corrected chi connectivity index (χ1v) is 5.48. The van der Waals surface area contributed by atoms with Crippen molar-refractivity contribution in [2.24, 2.45) is 0 Å². The topological polar surface area (TPSA) is 43.8 Å². The van der Waals surface area contributed by atoms with Crippen molar-refractivity contribution < 1.29 is 0 Å². The number of halogens is 1. The van der Waals surface area contributed by atoms with Crippen molar-refractivity contribution in [3.05, 3.63) is 22.7 Å². The molecular formula is C9H10ClN3S. The fraction of sp³-hybridized carbons (Fsp3) is 0.222. The Morgan fingerprint density at radius 1 is 1.57 bits per heavy atom. The summed E-state index contributed by atoms with van der Waals surface area (Å²) in [5, 5.41) is 4.36. The number of thiophene rings is 1. The van der Waals surface area contributed by atoms with Gasteiger partial charge in [0.25, 0.3) is 0 Å². The highest BCUT2D eigenvalue weighted by molar-refractivity contribution is 7.19. The number of nitrogens with two attached hydrogens (primary N) is 1. The Morgan fingerprint density at radius 2 is 2.36 bits per heavy atom. The SMILES string of the molecule is CCn1cc(N)c(-c2ccc(Cl)s2)n1. The largest absolute Gasteiger partial charge is 0.396 e. The average Bonchev–Trinajstić information content (AvgIpc) is 2.71. The minimum atomic E-state index is 0.699. The molecule has 0 atom stereocenters. The van der Waals surface area contributed by atoms with Gasteiger partial charge in [0.1, 0.15) is 5.69 Å². The van der Waals surface area contributed by atoms with Crippen molar-refractivity contribution in [1.82, 2.24) is 9.78 Å². The van der Waals surface area contributed by atoms with Crippen molar-refractivity contribution in [3.63, 3.8) is 0 Å². The van der Waals surface area contributed by atoms with Crippen molar-refractivity contribution in [2.75, 3.05) is 5.73 Å². The number of nitrogen functional groups attached to an aromatic ring is 1. The lowest BCUT2D eigenvalue weighted by molar-refractivity contribution is 0.662. The van der Waals surface area contributed by atoms with Gasteiger partial charge in [0.05, 0.1) is 14.9 Å². The van der Waals surface area contributed by atoms with Gasteiger partial charge in [0, 0.05) is 12.7 Å². The molecule has 0 bridgehead atoms. The van der Waals surface area contributed by atoms with Gasteiger partial charge >= 0.3 is 0 Å². The standard InChI is InChI=1S/C9H10ClN3S/c1-2-13-5-6(11)9(12-13)7-3-4-8(10)14-7/h3-5H,2,11H2,1H3. The van der Waals surface area contributed by atoms with E-state index in [1.807, 2.05) is 29.9 Å². The summed E-state index contributed by atoms with van der Waals surface area (Å²) in [5.74, 6) is 0. The molecule has 0 saturated heterocycles. The number of hydrogen-bond acceptors (Lipinski definition) is 3. The molecule has 74 valence electrons. The van der Waals surface area contributed by atoms with Gasteiger partial charge in [-0.25, -0.2) is 0 Å². The fourth-order valence-electron chi connectivity index (χ4n) is 1.23. The third-order valence-electron chi connectivity index (χ3n) is 1.92. The minimum absolute atomic E-state index is 0.699. The van der Waals surface area contributed by atoms with E-state index >= 15 is 0 Å². The number of aromatic nitrogens is 2. The van der Waals surface area contributed by atoms with E-state index in [0.29, 0.717) is 5.69 Å². The van der Waals surface area contributed by atoms with E-state index in [1.54, 1.807) is 0 Å². The van der Waals surface area contributed by atoms with Crippen molar-refractivity contribution in [3.8, 4) is 10.6 Å². The van der Waals surface area contributed by atoms with Crippen molar-refractivity contribution >= 4 is 28.6 Å². The summed E-state index contributed by atoms with van der Waals surface area (Å²) in [6.07, 6.45) is 1.84. The molecule has 0 spiro atoms. The summed E-state index contributed by atoms with van der Waals surface area (Å²) >= 11 is 7.33. The van der Waals surface area contributed by atoms with Crippen molar-refractivity contribution in [1.29, 1.82) is 0 Å². The average molecular weight is 228 g/mol. The smallest absolute Gasteiger partial charge is 0.125 e. The Balaban J connectivity index is 2.45. The van der Waals surface area contributed by atoms with Crippen LogP contribution < -0.4 is 5.73 Å². The third kappa shape index (κ3) is 1.63. The predicted octanol–water partition coefficient (Wildman–Crippen LogP) is 2.87. The molecule has 0 unspecified atom stereocenters. The molecule has 0 aliphatic rings. The molecule has 0 aliphatic carbocycles. The first-order chi connectivity index (χ1) is 6.70. The van der Waals surface area contributed by atoms with E-state index in [4.69, 9.17) is 17.3 Å². The van der Waals surface area contributed by atoms with Crippen LogP contribution in [-0.2, 0) is 6.54 Å². The molecule has 2 aromatic rings. The van der Waals surface area contributed by atoms with E-state index in [0.717, 1.165) is 21.5 Å². The van der Waals surface area contributed by atoms with E-state index in [1.165, 1.54) is 11.3 Å². The molecule has 2 aromatic heterocycles. The highest BCUT2D eigenvalue weighted by Gasteiger charge is 2.09. The summed E-state index contributed by atoms with van der Waals surface area (Å²) in [7, 11) is 0. The first kappa shape index (κ1) is 9.55. The zero-order valence-electron chi connectivity index (χ0n) is 7.70. The first-order valence-electron chi connectivity index (χ1n) is 4.29. The summed E-state index contributed by atoms with van der Waals surface area (Å²) < 4.78 is 2.57. The van der Waals surface area contributed by atoms with Gasteiger partial charge in [-0.05, 0) is 19.1 Å². The summed E-state index contributed by atoms with van der Waals surface area (Å²) in [6.45, 7) is 2.85. The van der Waals surface area contributed by atoms with Gasteiger partial charge in [-0.15, -0.1) is 11.3 Å². The van der Waals surface area contributed by atoms with Crippen LogP contribution in [0.4, 0.5) is 5.69 Å². The number of nitrogens with zero attached hydrogens (tertiary/aromatic N) is 2. The van der Waals surface area contributed by atoms with Gasteiger partial charge in [-0.1, -0.05) is 11.6 Å². The maximum Gasteiger partial charge on any atom is 0.125 e. The Bertz CT molecular complexity index is 447. The van der Waals surface area contributed by atoms with Gasteiger partial charge in [-0.3, -0.25) is 4.68 Å². The Labute approximate surface area is 91.1 Å². The third-order valence-corrected chi connectivity index (χ3v) is 3.16. The Hall–Kier alpha value is -1.00. The molecule has 2 N–H and O–H groups in total. The van der Waals surface area contributed by atoms with Crippen LogP contribution in [0.15, 0.2) is 18.3 Å². The highest BCUT2D eigenvalue weighted by Crippen LogP contribution is 2.32. The second-order valence-electron chi connectivity index (χ2n) is 2.89. The second kappa shape index (κ2) is 3.63. The number of rotatable bonds is 2. The van der Waals surface area contributed by atoms with Gasteiger partial charge in [-0.2, -0.15) is 5.10 Å². The molecule has 0 radical (unpaired) electrons. The lowest BCUT2D eigenvalue weighted by Gasteiger charge is -1.92. The van der Waals surface area contributed by atoms with E-state index < -0.39 is 0 Å². The molecular weight excluding hydrogens is 218 g/mol. The van der Waals surface area contributed by atoms with E-state index in [9.17, 15) is 0 Å². The monoisotopic (exact) mass is 227 g/mol. The van der Waals surface area contributed by atoms with E-state index in [2.05, 4.69) is 5.10 Å². The van der Waals surface area contributed by atoms with Crippen LogP contribution in [0.2, 0.25) is 4.34 Å². The molecule has 0 aromatic carbocycles. The zero-order valence-corrected chi connectivity index (χ0v) is 9.27. The zero-order chi connectivity index (χ0) is 10.1. The lowest BCUT2D eigenvalue weighted by atomic mass is 10.3. The minimum Gasteiger partial charge on any atom is -0.396 e. The fourth-order valence-corrected chi connectivity index (χ4v) is 2.28.